The van der Waals surface area contributed by atoms with E-state index in [4.69, 9.17) is 9.52 Å². The first-order chi connectivity index (χ1) is 9.22. The molecule has 6 nitrogen and oxygen atoms in total. The Morgan fingerprint density at radius 1 is 1.26 bits per heavy atom. The van der Waals surface area contributed by atoms with Gasteiger partial charge in [-0.15, -0.1) is 0 Å². The van der Waals surface area contributed by atoms with E-state index >= 15 is 0 Å². The zero-order chi connectivity index (χ0) is 13.2. The lowest BCUT2D eigenvalue weighted by atomic mass is 10.1. The van der Waals surface area contributed by atoms with Gasteiger partial charge in [-0.1, -0.05) is 6.07 Å². The molecular formula is C13H9N3O3. The van der Waals surface area contributed by atoms with E-state index in [0.29, 0.717) is 11.3 Å². The van der Waals surface area contributed by atoms with Crippen molar-refractivity contribution >= 4 is 17.1 Å². The standard InChI is InChI=1S/C13H9N3O3/c17-13(18)6-12-14-4-3-9(16-12)8-1-2-10-11(5-8)19-7-15-10/h1-5,7H,6H2,(H,17,18). The molecule has 0 saturated heterocycles. The minimum absolute atomic E-state index is 0.196. The number of oxazole rings is 1. The highest BCUT2D eigenvalue weighted by Gasteiger charge is 2.07. The fourth-order valence-electron chi connectivity index (χ4n) is 1.79. The van der Waals surface area contributed by atoms with E-state index in [-0.39, 0.29) is 12.2 Å². The molecule has 0 unspecified atom stereocenters. The van der Waals surface area contributed by atoms with Gasteiger partial charge in [-0.3, -0.25) is 4.79 Å². The quantitative estimate of drug-likeness (QED) is 0.769. The van der Waals surface area contributed by atoms with E-state index < -0.39 is 5.97 Å². The van der Waals surface area contributed by atoms with Gasteiger partial charge in [0.25, 0.3) is 0 Å². The Morgan fingerprint density at radius 2 is 2.16 bits per heavy atom. The third-order valence-electron chi connectivity index (χ3n) is 2.64. The summed E-state index contributed by atoms with van der Waals surface area (Å²) in [4.78, 5) is 22.8. The molecule has 0 bridgehead atoms. The maximum absolute atomic E-state index is 10.7. The van der Waals surface area contributed by atoms with Gasteiger partial charge in [0.05, 0.1) is 5.69 Å². The van der Waals surface area contributed by atoms with Gasteiger partial charge in [0.1, 0.15) is 17.8 Å². The number of rotatable bonds is 3. The monoisotopic (exact) mass is 255 g/mol. The summed E-state index contributed by atoms with van der Waals surface area (Å²) >= 11 is 0. The molecule has 2 heterocycles. The molecule has 6 heteroatoms. The molecule has 19 heavy (non-hydrogen) atoms. The van der Waals surface area contributed by atoms with Crippen LogP contribution in [0.2, 0.25) is 0 Å². The van der Waals surface area contributed by atoms with E-state index in [9.17, 15) is 4.79 Å². The molecule has 3 rings (SSSR count). The number of hydrogen-bond acceptors (Lipinski definition) is 5. The maximum atomic E-state index is 10.7. The third-order valence-corrected chi connectivity index (χ3v) is 2.64. The smallest absolute Gasteiger partial charge is 0.311 e. The van der Waals surface area contributed by atoms with Crippen molar-refractivity contribution < 1.29 is 14.3 Å². The van der Waals surface area contributed by atoms with E-state index in [2.05, 4.69) is 15.0 Å². The number of carboxylic acid groups (broad SMARTS) is 1. The van der Waals surface area contributed by atoms with Crippen LogP contribution in [-0.2, 0) is 11.2 Å². The van der Waals surface area contributed by atoms with Crippen molar-refractivity contribution in [3.63, 3.8) is 0 Å². The number of carboxylic acids is 1. The van der Waals surface area contributed by atoms with Crippen molar-refractivity contribution in [1.29, 1.82) is 0 Å². The van der Waals surface area contributed by atoms with Crippen LogP contribution >= 0.6 is 0 Å². The van der Waals surface area contributed by atoms with Crippen LogP contribution in [0, 0.1) is 0 Å². The van der Waals surface area contributed by atoms with Crippen LogP contribution in [0.1, 0.15) is 5.82 Å². The molecule has 0 aliphatic heterocycles. The molecule has 0 fully saturated rings. The van der Waals surface area contributed by atoms with Crippen molar-refractivity contribution in [2.24, 2.45) is 0 Å². The van der Waals surface area contributed by atoms with Gasteiger partial charge in [0.2, 0.25) is 0 Å². The van der Waals surface area contributed by atoms with Gasteiger partial charge in [-0.2, -0.15) is 0 Å². The molecule has 0 aliphatic rings. The fourth-order valence-corrected chi connectivity index (χ4v) is 1.79. The molecule has 0 saturated carbocycles. The Kier molecular flexibility index (Phi) is 2.68. The molecule has 0 amide bonds. The lowest BCUT2D eigenvalue weighted by Crippen LogP contribution is -2.05. The van der Waals surface area contributed by atoms with Crippen LogP contribution in [0.3, 0.4) is 0 Å². The molecule has 0 aliphatic carbocycles. The van der Waals surface area contributed by atoms with Gasteiger partial charge < -0.3 is 9.52 Å². The van der Waals surface area contributed by atoms with Crippen molar-refractivity contribution in [3.8, 4) is 11.3 Å². The summed E-state index contributed by atoms with van der Waals surface area (Å²) in [5.74, 6) is -0.675. The van der Waals surface area contributed by atoms with Crippen molar-refractivity contribution in [3.05, 3.63) is 42.7 Å². The lowest BCUT2D eigenvalue weighted by molar-refractivity contribution is -0.136. The molecular weight excluding hydrogens is 246 g/mol. The first kappa shape index (κ1) is 11.3. The van der Waals surface area contributed by atoms with Gasteiger partial charge in [-0.05, 0) is 18.2 Å². The van der Waals surface area contributed by atoms with Crippen LogP contribution in [-0.4, -0.2) is 26.0 Å². The molecule has 1 aromatic carbocycles. The molecule has 0 radical (unpaired) electrons. The van der Waals surface area contributed by atoms with Crippen molar-refractivity contribution in [2.45, 2.75) is 6.42 Å². The summed E-state index contributed by atoms with van der Waals surface area (Å²) < 4.78 is 5.23. The van der Waals surface area contributed by atoms with E-state index in [1.165, 1.54) is 6.39 Å². The molecule has 1 N–H and O–H groups in total. The second kappa shape index (κ2) is 4.49. The van der Waals surface area contributed by atoms with Gasteiger partial charge in [-0.25, -0.2) is 15.0 Å². The fraction of sp³-hybridized carbons (Fsp3) is 0.0769. The first-order valence-corrected chi connectivity index (χ1v) is 5.60. The number of carbonyl (C=O) groups is 1. The number of aromatic nitrogens is 3. The summed E-state index contributed by atoms with van der Waals surface area (Å²) in [6, 6.07) is 7.23. The van der Waals surface area contributed by atoms with Gasteiger partial charge in [0, 0.05) is 11.8 Å². The summed E-state index contributed by atoms with van der Waals surface area (Å²) in [5.41, 5.74) is 2.92. The van der Waals surface area contributed by atoms with Crippen molar-refractivity contribution in [1.82, 2.24) is 15.0 Å². The molecule has 2 aromatic heterocycles. The van der Waals surface area contributed by atoms with Crippen molar-refractivity contribution in [2.75, 3.05) is 0 Å². The largest absolute Gasteiger partial charge is 0.481 e. The maximum Gasteiger partial charge on any atom is 0.311 e. The zero-order valence-electron chi connectivity index (χ0n) is 9.78. The highest BCUT2D eigenvalue weighted by molar-refractivity contribution is 5.79. The predicted molar refractivity (Wildman–Crippen MR) is 66.4 cm³/mol. The van der Waals surface area contributed by atoms with Crippen LogP contribution in [0.25, 0.3) is 22.4 Å². The highest BCUT2D eigenvalue weighted by Crippen LogP contribution is 2.22. The number of fused-ring (bicyclic) bond motifs is 1. The average Bonchev–Trinajstić information content (AvgIpc) is 2.85. The second-order valence-electron chi connectivity index (χ2n) is 3.96. The summed E-state index contributed by atoms with van der Waals surface area (Å²) in [5, 5.41) is 8.74. The average molecular weight is 255 g/mol. The summed E-state index contributed by atoms with van der Waals surface area (Å²) in [6.07, 6.45) is 2.73. The molecule has 0 atom stereocenters. The van der Waals surface area contributed by atoms with E-state index in [1.807, 2.05) is 18.2 Å². The Morgan fingerprint density at radius 3 is 3.00 bits per heavy atom. The number of benzene rings is 1. The van der Waals surface area contributed by atoms with Gasteiger partial charge >= 0.3 is 5.97 Å². The summed E-state index contributed by atoms with van der Waals surface area (Å²) in [6.45, 7) is 0. The highest BCUT2D eigenvalue weighted by atomic mass is 16.4. The zero-order valence-corrected chi connectivity index (χ0v) is 9.78. The van der Waals surface area contributed by atoms with Crippen LogP contribution < -0.4 is 0 Å². The van der Waals surface area contributed by atoms with Crippen LogP contribution in [0.4, 0.5) is 0 Å². The number of hydrogen-bond donors (Lipinski definition) is 1. The Labute approximate surface area is 107 Å². The lowest BCUT2D eigenvalue weighted by Gasteiger charge is -2.02. The van der Waals surface area contributed by atoms with E-state index in [1.54, 1.807) is 12.3 Å². The number of nitrogens with zero attached hydrogens (tertiary/aromatic N) is 3. The second-order valence-corrected chi connectivity index (χ2v) is 3.96. The normalized spacial score (nSPS) is 10.7. The molecule has 94 valence electrons. The Hall–Kier alpha value is -2.76. The summed E-state index contributed by atoms with van der Waals surface area (Å²) in [7, 11) is 0. The number of aliphatic carboxylic acids is 1. The van der Waals surface area contributed by atoms with E-state index in [0.717, 1.165) is 11.1 Å². The minimum Gasteiger partial charge on any atom is -0.481 e. The minimum atomic E-state index is -0.956. The van der Waals surface area contributed by atoms with Crippen LogP contribution in [0.5, 0.6) is 0 Å². The molecule has 3 aromatic rings. The molecule has 0 spiro atoms. The topological polar surface area (TPSA) is 89.1 Å². The predicted octanol–water partition coefficient (Wildman–Crippen LogP) is 1.91. The third kappa shape index (κ3) is 2.28. The van der Waals surface area contributed by atoms with Crippen LogP contribution in [0.15, 0.2) is 41.3 Å². The SMILES string of the molecule is O=C(O)Cc1nccc(-c2ccc3ncoc3c2)n1. The Balaban J connectivity index is 2.02. The van der Waals surface area contributed by atoms with Gasteiger partial charge in [0.15, 0.2) is 12.0 Å². The first-order valence-electron chi connectivity index (χ1n) is 5.60. The Bertz CT molecular complexity index is 751.